The van der Waals surface area contributed by atoms with E-state index in [1.807, 2.05) is 6.92 Å². The molecule has 7 heteroatoms. The summed E-state index contributed by atoms with van der Waals surface area (Å²) in [6.45, 7) is 2.51. The van der Waals surface area contributed by atoms with Gasteiger partial charge in [-0.25, -0.2) is 0 Å². The average Bonchev–Trinajstić information content (AvgIpc) is 2.41. The zero-order valence-corrected chi connectivity index (χ0v) is 14.0. The lowest BCUT2D eigenvalue weighted by molar-refractivity contribution is 0.270. The summed E-state index contributed by atoms with van der Waals surface area (Å²) in [5, 5.41) is 0. The van der Waals surface area contributed by atoms with Gasteiger partial charge in [0.1, 0.15) is 5.75 Å². The minimum Gasteiger partial charge on any atom is -0.497 e. The number of methoxy groups -OCH3 is 1. The van der Waals surface area contributed by atoms with Gasteiger partial charge >= 0.3 is 10.2 Å². The maximum atomic E-state index is 12.5. The van der Waals surface area contributed by atoms with Gasteiger partial charge in [-0.3, -0.25) is 4.72 Å². The largest absolute Gasteiger partial charge is 0.497 e. The van der Waals surface area contributed by atoms with E-state index >= 15 is 0 Å². The Morgan fingerprint density at radius 3 is 2.80 bits per heavy atom. The quantitative estimate of drug-likeness (QED) is 0.895. The fourth-order valence-electron chi connectivity index (χ4n) is 2.34. The Bertz CT molecular complexity index is 577. The Hall–Kier alpha value is -0.790. The van der Waals surface area contributed by atoms with Crippen molar-refractivity contribution in [2.24, 2.45) is 0 Å². The molecule has 0 radical (unpaired) electrons. The Labute approximate surface area is 128 Å². The molecular formula is C13H19BrN2O3S. The highest BCUT2D eigenvalue weighted by Gasteiger charge is 2.29. The van der Waals surface area contributed by atoms with E-state index in [0.29, 0.717) is 22.5 Å². The number of benzene rings is 1. The number of halogens is 1. The number of hydrogen-bond donors (Lipinski definition) is 1. The highest BCUT2D eigenvalue weighted by Crippen LogP contribution is 2.29. The van der Waals surface area contributed by atoms with Gasteiger partial charge in [0, 0.05) is 23.1 Å². The molecule has 1 aromatic carbocycles. The number of anilines is 1. The first-order valence-electron chi connectivity index (χ1n) is 6.57. The van der Waals surface area contributed by atoms with Crippen molar-refractivity contribution in [2.75, 3.05) is 18.4 Å². The van der Waals surface area contributed by atoms with Crippen molar-refractivity contribution in [3.8, 4) is 5.75 Å². The van der Waals surface area contributed by atoms with Crippen LogP contribution in [-0.2, 0) is 10.2 Å². The Kier molecular flexibility index (Phi) is 4.93. The molecule has 0 aromatic heterocycles. The Balaban J connectivity index is 2.23. The Morgan fingerprint density at radius 1 is 1.40 bits per heavy atom. The third-order valence-electron chi connectivity index (χ3n) is 3.46. The number of ether oxygens (including phenoxy) is 1. The van der Waals surface area contributed by atoms with E-state index in [9.17, 15) is 8.42 Å². The molecule has 1 saturated heterocycles. The first-order valence-corrected chi connectivity index (χ1v) is 8.80. The number of nitrogens with one attached hydrogen (secondary N) is 1. The molecule has 0 amide bonds. The minimum absolute atomic E-state index is 0.0330. The monoisotopic (exact) mass is 362 g/mol. The summed E-state index contributed by atoms with van der Waals surface area (Å²) in [4.78, 5) is 0. The van der Waals surface area contributed by atoms with Gasteiger partial charge in [0.2, 0.25) is 0 Å². The van der Waals surface area contributed by atoms with Crippen LogP contribution in [0.4, 0.5) is 5.69 Å². The summed E-state index contributed by atoms with van der Waals surface area (Å²) in [5.41, 5.74) is 0.488. The third-order valence-corrected chi connectivity index (χ3v) is 5.79. The third kappa shape index (κ3) is 3.45. The smallest absolute Gasteiger partial charge is 0.301 e. The van der Waals surface area contributed by atoms with Gasteiger partial charge in [-0.2, -0.15) is 12.7 Å². The molecule has 1 aromatic rings. The fraction of sp³-hybridized carbons (Fsp3) is 0.538. The van der Waals surface area contributed by atoms with Crippen LogP contribution >= 0.6 is 15.9 Å². The van der Waals surface area contributed by atoms with Crippen molar-refractivity contribution in [2.45, 2.75) is 32.2 Å². The summed E-state index contributed by atoms with van der Waals surface area (Å²) in [6, 6.07) is 5.23. The summed E-state index contributed by atoms with van der Waals surface area (Å²) in [5.74, 6) is 0.609. The highest BCUT2D eigenvalue weighted by atomic mass is 79.9. The molecular weight excluding hydrogens is 344 g/mol. The molecule has 1 aliphatic rings. The van der Waals surface area contributed by atoms with E-state index in [4.69, 9.17) is 4.74 Å². The zero-order chi connectivity index (χ0) is 14.8. The maximum absolute atomic E-state index is 12.5. The molecule has 0 bridgehead atoms. The molecule has 1 heterocycles. The van der Waals surface area contributed by atoms with Gasteiger partial charge in [0.05, 0.1) is 12.8 Å². The SMILES string of the molecule is COc1ccc(Br)c(NS(=O)(=O)N2CCCCC2C)c1. The van der Waals surface area contributed by atoms with Crippen LogP contribution in [0.1, 0.15) is 26.2 Å². The molecule has 0 aliphatic carbocycles. The number of rotatable bonds is 4. The molecule has 0 spiro atoms. The number of nitrogens with zero attached hydrogens (tertiary/aromatic N) is 1. The van der Waals surface area contributed by atoms with Gasteiger partial charge in [-0.15, -0.1) is 0 Å². The molecule has 1 N–H and O–H groups in total. The van der Waals surface area contributed by atoms with E-state index in [1.54, 1.807) is 25.3 Å². The lowest BCUT2D eigenvalue weighted by Gasteiger charge is -2.32. The lowest BCUT2D eigenvalue weighted by Crippen LogP contribution is -2.44. The standard InChI is InChI=1S/C13H19BrN2O3S/c1-10-5-3-4-8-16(10)20(17,18)15-13-9-11(19-2)6-7-12(13)14/h6-7,9-10,15H,3-5,8H2,1-2H3. The van der Waals surface area contributed by atoms with E-state index < -0.39 is 10.2 Å². The van der Waals surface area contributed by atoms with Crippen LogP contribution in [0.3, 0.4) is 0 Å². The number of hydrogen-bond acceptors (Lipinski definition) is 3. The predicted octanol–water partition coefficient (Wildman–Crippen LogP) is 2.99. The van der Waals surface area contributed by atoms with Crippen molar-refractivity contribution in [1.29, 1.82) is 0 Å². The van der Waals surface area contributed by atoms with Crippen molar-refractivity contribution in [1.82, 2.24) is 4.31 Å². The fourth-order valence-corrected chi connectivity index (χ4v) is 4.33. The normalized spacial score (nSPS) is 20.6. The van der Waals surface area contributed by atoms with Gasteiger partial charge in [0.25, 0.3) is 0 Å². The second-order valence-electron chi connectivity index (χ2n) is 4.91. The average molecular weight is 363 g/mol. The van der Waals surface area contributed by atoms with Gasteiger partial charge in [-0.05, 0) is 47.8 Å². The first kappa shape index (κ1) is 15.6. The second kappa shape index (κ2) is 6.32. The maximum Gasteiger partial charge on any atom is 0.301 e. The van der Waals surface area contributed by atoms with Crippen molar-refractivity contribution in [3.05, 3.63) is 22.7 Å². The van der Waals surface area contributed by atoms with E-state index in [0.717, 1.165) is 19.3 Å². The summed E-state index contributed by atoms with van der Waals surface area (Å²) in [7, 11) is -1.99. The Morgan fingerprint density at radius 2 is 2.15 bits per heavy atom. The molecule has 1 fully saturated rings. The topological polar surface area (TPSA) is 58.6 Å². The molecule has 1 atom stereocenters. The van der Waals surface area contributed by atoms with Gasteiger partial charge in [0.15, 0.2) is 0 Å². The van der Waals surface area contributed by atoms with Crippen LogP contribution in [0.5, 0.6) is 5.75 Å². The van der Waals surface area contributed by atoms with Gasteiger partial charge < -0.3 is 4.74 Å². The molecule has 20 heavy (non-hydrogen) atoms. The van der Waals surface area contributed by atoms with Crippen LogP contribution < -0.4 is 9.46 Å². The molecule has 0 saturated carbocycles. The van der Waals surface area contributed by atoms with Crippen molar-refractivity contribution < 1.29 is 13.2 Å². The molecule has 1 aliphatic heterocycles. The van der Waals surface area contributed by atoms with Crippen molar-refractivity contribution in [3.63, 3.8) is 0 Å². The highest BCUT2D eigenvalue weighted by molar-refractivity contribution is 9.10. The van der Waals surface area contributed by atoms with Crippen LogP contribution in [0.25, 0.3) is 0 Å². The summed E-state index contributed by atoms with van der Waals surface area (Å²) >= 11 is 3.35. The minimum atomic E-state index is -3.54. The van der Waals surface area contributed by atoms with Crippen LogP contribution in [0, 0.1) is 0 Å². The van der Waals surface area contributed by atoms with E-state index in [2.05, 4.69) is 20.7 Å². The van der Waals surface area contributed by atoms with E-state index in [-0.39, 0.29) is 6.04 Å². The van der Waals surface area contributed by atoms with Crippen LogP contribution in [-0.4, -0.2) is 32.4 Å². The molecule has 2 rings (SSSR count). The van der Waals surface area contributed by atoms with Crippen LogP contribution in [0.15, 0.2) is 22.7 Å². The first-order chi connectivity index (χ1) is 9.44. The predicted molar refractivity (Wildman–Crippen MR) is 83.3 cm³/mol. The zero-order valence-electron chi connectivity index (χ0n) is 11.6. The number of piperidine rings is 1. The molecule has 1 unspecified atom stereocenters. The lowest BCUT2D eigenvalue weighted by atomic mass is 10.1. The molecule has 112 valence electrons. The second-order valence-corrected chi connectivity index (χ2v) is 7.39. The summed E-state index contributed by atoms with van der Waals surface area (Å²) < 4.78 is 34.9. The van der Waals surface area contributed by atoms with Crippen molar-refractivity contribution >= 4 is 31.8 Å². The van der Waals surface area contributed by atoms with E-state index in [1.165, 1.54) is 4.31 Å². The molecule has 5 nitrogen and oxygen atoms in total. The van der Waals surface area contributed by atoms with Gasteiger partial charge in [-0.1, -0.05) is 6.42 Å². The summed E-state index contributed by atoms with van der Waals surface area (Å²) in [6.07, 6.45) is 2.89. The van der Waals surface area contributed by atoms with Crippen LogP contribution in [0.2, 0.25) is 0 Å².